The maximum absolute atomic E-state index is 12.6. The first-order chi connectivity index (χ1) is 13.2. The third-order valence-electron chi connectivity index (χ3n) is 4.88. The Labute approximate surface area is 157 Å². The fourth-order valence-corrected chi connectivity index (χ4v) is 3.42. The van der Waals surface area contributed by atoms with Gasteiger partial charge in [0.05, 0.1) is 30.2 Å². The quantitative estimate of drug-likeness (QED) is 0.722. The molecule has 0 radical (unpaired) electrons. The van der Waals surface area contributed by atoms with Gasteiger partial charge in [0.15, 0.2) is 5.69 Å². The summed E-state index contributed by atoms with van der Waals surface area (Å²) in [4.78, 5) is 12.6. The van der Waals surface area contributed by atoms with Gasteiger partial charge in [-0.1, -0.05) is 35.5 Å². The second kappa shape index (κ2) is 7.71. The number of anilines is 1. The predicted octanol–water partition coefficient (Wildman–Crippen LogP) is 2.01. The highest BCUT2D eigenvalue weighted by atomic mass is 16.2. The summed E-state index contributed by atoms with van der Waals surface area (Å²) in [6, 6.07) is 10.4. The largest absolute Gasteiger partial charge is 0.318 e. The molecule has 4 rings (SSSR count). The van der Waals surface area contributed by atoms with Crippen molar-refractivity contribution in [1.82, 2.24) is 30.1 Å². The molecule has 1 amide bonds. The van der Waals surface area contributed by atoms with E-state index in [4.69, 9.17) is 0 Å². The molecule has 0 atom stereocenters. The lowest BCUT2D eigenvalue weighted by atomic mass is 10.1. The van der Waals surface area contributed by atoms with Crippen LogP contribution in [-0.2, 0) is 6.54 Å². The van der Waals surface area contributed by atoms with Crippen molar-refractivity contribution in [3.8, 4) is 0 Å². The molecule has 3 aromatic rings. The second-order valence-electron chi connectivity index (χ2n) is 6.82. The molecule has 8 heteroatoms. The van der Waals surface area contributed by atoms with Gasteiger partial charge in [-0.15, -0.1) is 5.10 Å². The normalized spacial score (nSPS) is 15.0. The average Bonchev–Trinajstić information content (AvgIpc) is 3.29. The molecular formula is C19H23N7O. The van der Waals surface area contributed by atoms with Gasteiger partial charge in [0, 0.05) is 6.20 Å². The minimum atomic E-state index is -0.257. The van der Waals surface area contributed by atoms with Crippen molar-refractivity contribution < 1.29 is 4.79 Å². The number of rotatable bonds is 5. The van der Waals surface area contributed by atoms with Crippen LogP contribution in [0.5, 0.6) is 0 Å². The fraction of sp³-hybridized carbons (Fsp3) is 0.368. The van der Waals surface area contributed by atoms with E-state index in [2.05, 4.69) is 26.0 Å². The lowest BCUT2D eigenvalue weighted by Gasteiger charge is -2.23. The molecule has 1 aliphatic rings. The molecule has 140 valence electrons. The van der Waals surface area contributed by atoms with Crippen molar-refractivity contribution in [2.24, 2.45) is 0 Å². The van der Waals surface area contributed by atoms with Crippen LogP contribution in [-0.4, -0.2) is 43.8 Å². The summed E-state index contributed by atoms with van der Waals surface area (Å²) in [5, 5.41) is 18.9. The third-order valence-corrected chi connectivity index (χ3v) is 4.88. The Morgan fingerprint density at radius 3 is 2.81 bits per heavy atom. The molecule has 8 nitrogen and oxygen atoms in total. The standard InChI is InChI=1S/C19H23N7O/c1-14-18(23-24-26(14)17-7-9-20-10-8-17)19(27)22-16-11-21-25(13-16)12-15-5-3-2-4-6-15/h2-6,11,13,17,20H,7-10,12H2,1H3,(H,22,27). The molecular weight excluding hydrogens is 342 g/mol. The second-order valence-corrected chi connectivity index (χ2v) is 6.82. The first-order valence-corrected chi connectivity index (χ1v) is 9.21. The smallest absolute Gasteiger partial charge is 0.278 e. The molecule has 0 unspecified atom stereocenters. The van der Waals surface area contributed by atoms with E-state index in [1.54, 1.807) is 10.9 Å². The van der Waals surface area contributed by atoms with Crippen molar-refractivity contribution in [3.05, 3.63) is 59.7 Å². The van der Waals surface area contributed by atoms with Gasteiger partial charge in [0.25, 0.3) is 5.91 Å². The zero-order chi connectivity index (χ0) is 18.6. The lowest BCUT2D eigenvalue weighted by Crippen LogP contribution is -2.30. The number of piperidine rings is 1. The van der Waals surface area contributed by atoms with Crippen LogP contribution in [0.15, 0.2) is 42.7 Å². The first kappa shape index (κ1) is 17.4. The number of aromatic nitrogens is 5. The molecule has 0 saturated carbocycles. The van der Waals surface area contributed by atoms with Crippen LogP contribution in [0.2, 0.25) is 0 Å². The molecule has 0 spiro atoms. The molecule has 1 aliphatic heterocycles. The van der Waals surface area contributed by atoms with Crippen LogP contribution in [0, 0.1) is 6.92 Å². The van der Waals surface area contributed by atoms with Gasteiger partial charge < -0.3 is 10.6 Å². The van der Waals surface area contributed by atoms with Crippen molar-refractivity contribution in [2.75, 3.05) is 18.4 Å². The average molecular weight is 365 g/mol. The summed E-state index contributed by atoms with van der Waals surface area (Å²) in [7, 11) is 0. The molecule has 3 heterocycles. The minimum absolute atomic E-state index is 0.257. The Balaban J connectivity index is 1.43. The zero-order valence-electron chi connectivity index (χ0n) is 15.3. The Bertz CT molecular complexity index is 909. The summed E-state index contributed by atoms with van der Waals surface area (Å²) < 4.78 is 3.68. The number of carbonyl (C=O) groups excluding carboxylic acids is 1. The Morgan fingerprint density at radius 1 is 1.26 bits per heavy atom. The SMILES string of the molecule is Cc1c(C(=O)Nc2cnn(Cc3ccccc3)c2)nnn1C1CCNCC1. The van der Waals surface area contributed by atoms with E-state index in [-0.39, 0.29) is 5.91 Å². The Kier molecular flexibility index (Phi) is 4.97. The number of nitrogens with one attached hydrogen (secondary N) is 2. The summed E-state index contributed by atoms with van der Waals surface area (Å²) in [5.41, 5.74) is 2.96. The summed E-state index contributed by atoms with van der Waals surface area (Å²) >= 11 is 0. The highest BCUT2D eigenvalue weighted by Gasteiger charge is 2.23. The van der Waals surface area contributed by atoms with Crippen molar-refractivity contribution in [2.45, 2.75) is 32.4 Å². The van der Waals surface area contributed by atoms with Crippen LogP contribution in [0.25, 0.3) is 0 Å². The third kappa shape index (κ3) is 3.90. The predicted molar refractivity (Wildman–Crippen MR) is 102 cm³/mol. The van der Waals surface area contributed by atoms with E-state index < -0.39 is 0 Å². The van der Waals surface area contributed by atoms with Crippen LogP contribution in [0.1, 0.15) is 40.6 Å². The first-order valence-electron chi connectivity index (χ1n) is 9.21. The van der Waals surface area contributed by atoms with Gasteiger partial charge in [-0.05, 0) is 38.4 Å². The van der Waals surface area contributed by atoms with Crippen LogP contribution < -0.4 is 10.6 Å². The Hall–Kier alpha value is -3.00. The van der Waals surface area contributed by atoms with Crippen molar-refractivity contribution in [1.29, 1.82) is 0 Å². The number of benzene rings is 1. The molecule has 1 saturated heterocycles. The van der Waals surface area contributed by atoms with E-state index in [1.807, 2.05) is 48.1 Å². The van der Waals surface area contributed by atoms with E-state index in [0.29, 0.717) is 24.0 Å². The number of carbonyl (C=O) groups is 1. The van der Waals surface area contributed by atoms with Gasteiger partial charge in [-0.3, -0.25) is 9.48 Å². The number of amides is 1. The maximum atomic E-state index is 12.6. The van der Waals surface area contributed by atoms with E-state index >= 15 is 0 Å². The minimum Gasteiger partial charge on any atom is -0.318 e. The fourth-order valence-electron chi connectivity index (χ4n) is 3.42. The van der Waals surface area contributed by atoms with E-state index in [0.717, 1.165) is 37.2 Å². The number of hydrogen-bond acceptors (Lipinski definition) is 5. The maximum Gasteiger partial charge on any atom is 0.278 e. The van der Waals surface area contributed by atoms with Crippen LogP contribution in [0.3, 0.4) is 0 Å². The lowest BCUT2D eigenvalue weighted by molar-refractivity contribution is 0.102. The van der Waals surface area contributed by atoms with Gasteiger partial charge in [-0.2, -0.15) is 5.10 Å². The highest BCUT2D eigenvalue weighted by molar-refractivity contribution is 6.03. The summed E-state index contributed by atoms with van der Waals surface area (Å²) in [6.45, 7) is 4.48. The van der Waals surface area contributed by atoms with Gasteiger partial charge in [0.2, 0.25) is 0 Å². The number of nitrogens with zero attached hydrogens (tertiary/aromatic N) is 5. The molecule has 2 N–H and O–H groups in total. The summed E-state index contributed by atoms with van der Waals surface area (Å²) in [5.74, 6) is -0.257. The van der Waals surface area contributed by atoms with Gasteiger partial charge in [-0.25, -0.2) is 4.68 Å². The van der Waals surface area contributed by atoms with E-state index in [9.17, 15) is 4.79 Å². The van der Waals surface area contributed by atoms with Gasteiger partial charge >= 0.3 is 0 Å². The molecule has 27 heavy (non-hydrogen) atoms. The molecule has 0 bridgehead atoms. The molecule has 1 aromatic carbocycles. The molecule has 1 fully saturated rings. The topological polar surface area (TPSA) is 89.7 Å². The van der Waals surface area contributed by atoms with Crippen LogP contribution in [0.4, 0.5) is 5.69 Å². The van der Waals surface area contributed by atoms with Crippen molar-refractivity contribution >= 4 is 11.6 Å². The number of hydrogen-bond donors (Lipinski definition) is 2. The Morgan fingerprint density at radius 2 is 2.04 bits per heavy atom. The highest BCUT2D eigenvalue weighted by Crippen LogP contribution is 2.20. The van der Waals surface area contributed by atoms with Crippen molar-refractivity contribution in [3.63, 3.8) is 0 Å². The van der Waals surface area contributed by atoms with E-state index in [1.165, 1.54) is 0 Å². The van der Waals surface area contributed by atoms with Crippen LogP contribution >= 0.6 is 0 Å². The summed E-state index contributed by atoms with van der Waals surface area (Å²) in [6.07, 6.45) is 5.46. The molecule has 0 aliphatic carbocycles. The molecule has 2 aromatic heterocycles. The monoisotopic (exact) mass is 365 g/mol. The van der Waals surface area contributed by atoms with Gasteiger partial charge in [0.1, 0.15) is 0 Å². The zero-order valence-corrected chi connectivity index (χ0v) is 15.3.